The van der Waals surface area contributed by atoms with Gasteiger partial charge in [0.05, 0.1) is 6.61 Å². The Morgan fingerprint density at radius 3 is 3.00 bits per heavy atom. The highest BCUT2D eigenvalue weighted by molar-refractivity contribution is 5.93. The Morgan fingerprint density at radius 1 is 1.30 bits per heavy atom. The Kier molecular flexibility index (Phi) is 3.91. The third-order valence-corrected chi connectivity index (χ3v) is 5.26. The van der Waals surface area contributed by atoms with E-state index in [1.54, 1.807) is 0 Å². The molecular formula is C17H21F2N3O. The molecule has 3 aliphatic rings. The molecule has 23 heavy (non-hydrogen) atoms. The average molecular weight is 321 g/mol. The quantitative estimate of drug-likeness (QED) is 0.907. The van der Waals surface area contributed by atoms with Gasteiger partial charge in [-0.25, -0.2) is 8.78 Å². The Balaban J connectivity index is 1.48. The van der Waals surface area contributed by atoms with E-state index in [1.165, 1.54) is 11.8 Å². The second-order valence-electron chi connectivity index (χ2n) is 6.64. The fourth-order valence-corrected chi connectivity index (χ4v) is 4.17. The van der Waals surface area contributed by atoms with Crippen molar-refractivity contribution in [1.29, 1.82) is 0 Å². The van der Waals surface area contributed by atoms with Crippen molar-refractivity contribution in [3.8, 4) is 0 Å². The molecule has 124 valence electrons. The largest absolute Gasteiger partial charge is 0.370 e. The molecule has 0 saturated carbocycles. The van der Waals surface area contributed by atoms with Gasteiger partial charge < -0.3 is 10.5 Å². The second-order valence-corrected chi connectivity index (χ2v) is 6.64. The van der Waals surface area contributed by atoms with E-state index in [0.717, 1.165) is 44.5 Å². The molecule has 0 radical (unpaired) electrons. The predicted molar refractivity (Wildman–Crippen MR) is 83.5 cm³/mol. The van der Waals surface area contributed by atoms with Gasteiger partial charge in [-0.05, 0) is 37.5 Å². The lowest BCUT2D eigenvalue weighted by molar-refractivity contribution is -0.0524. The standard InChI is InChI=1S/C17H21F2N3O/c18-10-1-2-13(19)12(7-10)17-14(20)8-11(9-23-17)22-6-4-15-16(22)3-5-21-15/h1-2,7,11,14,16-17H,3-6,8-9,20H2. The summed E-state index contributed by atoms with van der Waals surface area (Å²) in [5.74, 6) is -0.928. The van der Waals surface area contributed by atoms with E-state index in [2.05, 4.69) is 9.89 Å². The molecular weight excluding hydrogens is 300 g/mol. The van der Waals surface area contributed by atoms with Crippen molar-refractivity contribution in [2.45, 2.75) is 43.5 Å². The van der Waals surface area contributed by atoms with Crippen LogP contribution in [0.3, 0.4) is 0 Å². The maximum atomic E-state index is 14.0. The molecule has 0 amide bonds. The Labute approximate surface area is 134 Å². The van der Waals surface area contributed by atoms with Gasteiger partial charge in [0.2, 0.25) is 0 Å². The van der Waals surface area contributed by atoms with Crippen molar-refractivity contribution >= 4 is 5.71 Å². The number of benzene rings is 1. The summed E-state index contributed by atoms with van der Waals surface area (Å²) in [7, 11) is 0. The Hall–Kier alpha value is -1.37. The van der Waals surface area contributed by atoms with E-state index in [1.807, 2.05) is 0 Å². The Bertz CT molecular complexity index is 636. The van der Waals surface area contributed by atoms with E-state index >= 15 is 0 Å². The predicted octanol–water partition coefficient (Wildman–Crippen LogP) is 2.04. The van der Waals surface area contributed by atoms with Crippen molar-refractivity contribution < 1.29 is 13.5 Å². The summed E-state index contributed by atoms with van der Waals surface area (Å²) >= 11 is 0. The van der Waals surface area contributed by atoms with Crippen molar-refractivity contribution in [2.75, 3.05) is 19.7 Å². The number of hydrogen-bond acceptors (Lipinski definition) is 4. The zero-order valence-electron chi connectivity index (χ0n) is 12.9. The van der Waals surface area contributed by atoms with Gasteiger partial charge in [0.15, 0.2) is 0 Å². The average Bonchev–Trinajstić information content (AvgIpc) is 3.13. The molecule has 1 aromatic rings. The van der Waals surface area contributed by atoms with Crippen molar-refractivity contribution in [1.82, 2.24) is 4.90 Å². The van der Waals surface area contributed by atoms with Gasteiger partial charge in [-0.3, -0.25) is 9.89 Å². The summed E-state index contributed by atoms with van der Waals surface area (Å²) in [5, 5.41) is 0. The molecule has 0 spiro atoms. The van der Waals surface area contributed by atoms with Crippen LogP contribution in [0.15, 0.2) is 23.2 Å². The number of nitrogens with two attached hydrogens (primary N) is 1. The summed E-state index contributed by atoms with van der Waals surface area (Å²) in [4.78, 5) is 6.99. The van der Waals surface area contributed by atoms with Gasteiger partial charge >= 0.3 is 0 Å². The number of ether oxygens (including phenoxy) is 1. The number of rotatable bonds is 2. The highest BCUT2D eigenvalue weighted by Gasteiger charge is 2.41. The summed E-state index contributed by atoms with van der Waals surface area (Å²) in [6.07, 6.45) is 2.24. The first kappa shape index (κ1) is 15.2. The lowest BCUT2D eigenvalue weighted by Gasteiger charge is -2.40. The van der Waals surface area contributed by atoms with Gasteiger partial charge in [-0.15, -0.1) is 0 Å². The van der Waals surface area contributed by atoms with Gasteiger partial charge in [-0.1, -0.05) is 0 Å². The first-order valence-corrected chi connectivity index (χ1v) is 8.24. The van der Waals surface area contributed by atoms with Crippen molar-refractivity contribution in [3.63, 3.8) is 0 Å². The van der Waals surface area contributed by atoms with Gasteiger partial charge in [-0.2, -0.15) is 0 Å². The Morgan fingerprint density at radius 2 is 2.17 bits per heavy atom. The molecule has 2 N–H and O–H groups in total. The third-order valence-electron chi connectivity index (χ3n) is 5.26. The topological polar surface area (TPSA) is 50.8 Å². The molecule has 0 aliphatic carbocycles. The number of aliphatic imine (C=N–C) groups is 1. The number of fused-ring (bicyclic) bond motifs is 1. The molecule has 4 rings (SSSR count). The number of hydrogen-bond donors (Lipinski definition) is 1. The minimum absolute atomic E-state index is 0.223. The van der Waals surface area contributed by atoms with Crippen LogP contribution in [0.5, 0.6) is 0 Å². The zero-order valence-corrected chi connectivity index (χ0v) is 12.9. The lowest BCUT2D eigenvalue weighted by Crippen LogP contribution is -2.51. The molecule has 2 saturated heterocycles. The van der Waals surface area contributed by atoms with Crippen LogP contribution in [0.2, 0.25) is 0 Å². The molecule has 3 heterocycles. The lowest BCUT2D eigenvalue weighted by atomic mass is 9.93. The molecule has 2 fully saturated rings. The number of nitrogens with zero attached hydrogens (tertiary/aromatic N) is 2. The third kappa shape index (κ3) is 2.69. The number of halogens is 2. The molecule has 1 aromatic carbocycles. The van der Waals surface area contributed by atoms with Gasteiger partial charge in [0.25, 0.3) is 0 Å². The van der Waals surface area contributed by atoms with E-state index in [-0.39, 0.29) is 17.6 Å². The van der Waals surface area contributed by atoms with Crippen molar-refractivity contribution in [3.05, 3.63) is 35.4 Å². The van der Waals surface area contributed by atoms with Gasteiger partial charge in [0, 0.05) is 42.5 Å². The van der Waals surface area contributed by atoms with E-state index < -0.39 is 17.7 Å². The minimum Gasteiger partial charge on any atom is -0.370 e. The highest BCUT2D eigenvalue weighted by atomic mass is 19.1. The van der Waals surface area contributed by atoms with Crippen molar-refractivity contribution in [2.24, 2.45) is 10.7 Å². The first-order chi connectivity index (χ1) is 11.1. The molecule has 0 aromatic heterocycles. The second kappa shape index (κ2) is 5.92. The summed E-state index contributed by atoms with van der Waals surface area (Å²) in [6.45, 7) is 2.40. The molecule has 0 bridgehead atoms. The van der Waals surface area contributed by atoms with E-state index in [0.29, 0.717) is 12.6 Å². The van der Waals surface area contributed by atoms with Crippen LogP contribution in [0.1, 0.15) is 30.9 Å². The summed E-state index contributed by atoms with van der Waals surface area (Å²) in [5.41, 5.74) is 7.78. The van der Waals surface area contributed by atoms with Crippen LogP contribution in [-0.4, -0.2) is 48.4 Å². The van der Waals surface area contributed by atoms with Crippen LogP contribution in [0.25, 0.3) is 0 Å². The molecule has 6 heteroatoms. The summed E-state index contributed by atoms with van der Waals surface area (Å²) in [6, 6.07) is 3.76. The SMILES string of the molecule is NC1CC(N2CCC3=NCCC32)COC1c1cc(F)ccc1F. The smallest absolute Gasteiger partial charge is 0.129 e. The highest BCUT2D eigenvalue weighted by Crippen LogP contribution is 2.34. The van der Waals surface area contributed by atoms with Crippen LogP contribution >= 0.6 is 0 Å². The molecule has 4 nitrogen and oxygen atoms in total. The molecule has 4 atom stereocenters. The van der Waals surface area contributed by atoms with Crippen LogP contribution in [0, 0.1) is 11.6 Å². The number of likely N-dealkylation sites (tertiary alicyclic amines) is 1. The molecule has 4 unspecified atom stereocenters. The van der Waals surface area contributed by atoms with E-state index in [9.17, 15) is 8.78 Å². The van der Waals surface area contributed by atoms with E-state index in [4.69, 9.17) is 10.5 Å². The first-order valence-electron chi connectivity index (χ1n) is 8.24. The fourth-order valence-electron chi connectivity index (χ4n) is 4.17. The minimum atomic E-state index is -0.582. The van der Waals surface area contributed by atoms with Crippen LogP contribution < -0.4 is 5.73 Å². The van der Waals surface area contributed by atoms with Crippen LogP contribution in [0.4, 0.5) is 8.78 Å². The zero-order chi connectivity index (χ0) is 16.0. The fraction of sp³-hybridized carbons (Fsp3) is 0.588. The maximum absolute atomic E-state index is 14.0. The molecule has 3 aliphatic heterocycles. The normalized spacial score (nSPS) is 34.5. The van der Waals surface area contributed by atoms with Gasteiger partial charge in [0.1, 0.15) is 17.7 Å². The maximum Gasteiger partial charge on any atom is 0.129 e. The summed E-state index contributed by atoms with van der Waals surface area (Å²) < 4.78 is 33.3. The monoisotopic (exact) mass is 321 g/mol. The van der Waals surface area contributed by atoms with Crippen LogP contribution in [-0.2, 0) is 4.74 Å².